The fourth-order valence-corrected chi connectivity index (χ4v) is 2.78. The Morgan fingerprint density at radius 2 is 2.00 bits per heavy atom. The minimum Gasteiger partial charge on any atom is -0.494 e. The number of hydrogen-bond donors (Lipinski definition) is 1. The van der Waals surface area contributed by atoms with Crippen molar-refractivity contribution in [2.75, 3.05) is 20.2 Å². The molecule has 1 aromatic rings. The molecule has 4 nitrogen and oxygen atoms in total. The highest BCUT2D eigenvalue weighted by Crippen LogP contribution is 2.33. The molecule has 1 heterocycles. The van der Waals surface area contributed by atoms with E-state index in [4.69, 9.17) is 4.74 Å². The van der Waals surface area contributed by atoms with Crippen molar-refractivity contribution in [2.45, 2.75) is 38.2 Å². The molecule has 1 amide bonds. The van der Waals surface area contributed by atoms with Gasteiger partial charge in [-0.25, -0.2) is 4.39 Å². The van der Waals surface area contributed by atoms with Crippen molar-refractivity contribution >= 4 is 5.91 Å². The number of nitrogens with zero attached hydrogens (tertiary/aromatic N) is 1. The van der Waals surface area contributed by atoms with Crippen molar-refractivity contribution in [3.05, 3.63) is 29.6 Å². The van der Waals surface area contributed by atoms with Crippen molar-refractivity contribution in [2.24, 2.45) is 0 Å². The van der Waals surface area contributed by atoms with Gasteiger partial charge in [-0.05, 0) is 44.2 Å². The van der Waals surface area contributed by atoms with Crippen LogP contribution < -0.4 is 4.74 Å². The number of methoxy groups -OCH3 is 1. The van der Waals surface area contributed by atoms with Crippen molar-refractivity contribution in [3.8, 4) is 5.75 Å². The van der Waals surface area contributed by atoms with Gasteiger partial charge in [-0.1, -0.05) is 12.1 Å². The summed E-state index contributed by atoms with van der Waals surface area (Å²) < 4.78 is 19.3. The molecule has 0 radical (unpaired) electrons. The lowest BCUT2D eigenvalue weighted by Crippen LogP contribution is -2.48. The monoisotopic (exact) mass is 295 g/mol. The molecule has 0 spiro atoms. The number of amides is 1. The second-order valence-electron chi connectivity index (χ2n) is 5.99. The number of carbonyl (C=O) groups excluding carboxylic acids is 1. The lowest BCUT2D eigenvalue weighted by Gasteiger charge is -2.35. The summed E-state index contributed by atoms with van der Waals surface area (Å²) in [6, 6.07) is 5.16. The van der Waals surface area contributed by atoms with Crippen LogP contribution >= 0.6 is 0 Å². The molecule has 0 unspecified atom stereocenters. The van der Waals surface area contributed by atoms with Crippen molar-refractivity contribution in [3.63, 3.8) is 0 Å². The molecule has 0 atom stereocenters. The molecular formula is C16H22FNO3. The predicted octanol–water partition coefficient (Wildman–Crippen LogP) is 2.31. The van der Waals surface area contributed by atoms with Crippen molar-refractivity contribution in [1.29, 1.82) is 0 Å². The Balaban J connectivity index is 2.07. The first-order valence-electron chi connectivity index (χ1n) is 7.18. The van der Waals surface area contributed by atoms with Crippen LogP contribution in [0.5, 0.6) is 5.75 Å². The van der Waals surface area contributed by atoms with Gasteiger partial charge in [0.25, 0.3) is 5.91 Å². The third kappa shape index (κ3) is 3.35. The lowest BCUT2D eigenvalue weighted by atomic mass is 9.88. The van der Waals surface area contributed by atoms with E-state index in [2.05, 4.69) is 0 Å². The zero-order valence-electron chi connectivity index (χ0n) is 12.7. The summed E-state index contributed by atoms with van der Waals surface area (Å²) >= 11 is 0. The van der Waals surface area contributed by atoms with Crippen molar-refractivity contribution < 1.29 is 19.0 Å². The quantitative estimate of drug-likeness (QED) is 0.931. The van der Waals surface area contributed by atoms with Crippen LogP contribution in [0.2, 0.25) is 0 Å². The van der Waals surface area contributed by atoms with Crippen molar-refractivity contribution in [1.82, 2.24) is 4.90 Å². The fraction of sp³-hybridized carbons (Fsp3) is 0.562. The average molecular weight is 295 g/mol. The highest BCUT2D eigenvalue weighted by atomic mass is 19.1. The van der Waals surface area contributed by atoms with Crippen LogP contribution in [0.15, 0.2) is 18.2 Å². The van der Waals surface area contributed by atoms with Crippen LogP contribution in [0.1, 0.15) is 38.2 Å². The molecule has 2 rings (SSSR count). The number of ether oxygens (including phenoxy) is 1. The van der Waals surface area contributed by atoms with Gasteiger partial charge in [0.2, 0.25) is 0 Å². The molecule has 1 aliphatic heterocycles. The maximum absolute atomic E-state index is 14.3. The van der Waals surface area contributed by atoms with E-state index < -0.39 is 5.60 Å². The first-order chi connectivity index (χ1) is 9.84. The van der Waals surface area contributed by atoms with Gasteiger partial charge >= 0.3 is 0 Å². The van der Waals surface area contributed by atoms with Gasteiger partial charge in [-0.2, -0.15) is 0 Å². The smallest absolute Gasteiger partial charge is 0.253 e. The number of piperidine rings is 1. The Morgan fingerprint density at radius 3 is 2.52 bits per heavy atom. The Morgan fingerprint density at radius 1 is 1.38 bits per heavy atom. The van der Waals surface area contributed by atoms with Crippen LogP contribution in [0, 0.1) is 5.82 Å². The van der Waals surface area contributed by atoms with Crippen LogP contribution in [-0.2, 0) is 4.79 Å². The second kappa shape index (κ2) is 6.02. The molecule has 1 saturated heterocycles. The van der Waals surface area contributed by atoms with Crippen LogP contribution in [0.25, 0.3) is 0 Å². The van der Waals surface area contributed by atoms with Gasteiger partial charge in [0.05, 0.1) is 7.11 Å². The minimum absolute atomic E-state index is 0.0750. The lowest BCUT2D eigenvalue weighted by molar-refractivity contribution is -0.148. The zero-order chi connectivity index (χ0) is 15.6. The van der Waals surface area contributed by atoms with Crippen LogP contribution in [0.3, 0.4) is 0 Å². The topological polar surface area (TPSA) is 49.8 Å². The fourth-order valence-electron chi connectivity index (χ4n) is 2.78. The van der Waals surface area contributed by atoms with E-state index in [1.165, 1.54) is 21.0 Å². The molecular weight excluding hydrogens is 273 g/mol. The molecule has 1 aliphatic rings. The molecule has 0 aromatic heterocycles. The average Bonchev–Trinajstić information content (AvgIpc) is 2.46. The molecule has 0 aliphatic carbocycles. The Labute approximate surface area is 124 Å². The summed E-state index contributed by atoms with van der Waals surface area (Å²) in [7, 11) is 1.45. The van der Waals surface area contributed by atoms with E-state index in [0.29, 0.717) is 31.5 Å². The Hall–Kier alpha value is -1.62. The summed E-state index contributed by atoms with van der Waals surface area (Å²) in [6.07, 6.45) is 1.37. The maximum atomic E-state index is 14.3. The summed E-state index contributed by atoms with van der Waals surface area (Å²) in [5.74, 6) is -0.257. The molecule has 1 fully saturated rings. The molecule has 0 saturated carbocycles. The SMILES string of the molecule is COc1cccc(C2CCN(C(=O)C(C)(C)O)CC2)c1F. The molecule has 116 valence electrons. The number of hydrogen-bond acceptors (Lipinski definition) is 3. The van der Waals surface area contributed by atoms with Gasteiger partial charge in [0.15, 0.2) is 11.6 Å². The maximum Gasteiger partial charge on any atom is 0.253 e. The standard InChI is InChI=1S/C16H22FNO3/c1-16(2,20)15(19)18-9-7-11(8-10-18)12-5-4-6-13(21-3)14(12)17/h4-6,11,20H,7-10H2,1-3H3. The van der Waals surface area contributed by atoms with E-state index >= 15 is 0 Å². The zero-order valence-corrected chi connectivity index (χ0v) is 12.7. The van der Waals surface area contributed by atoms with Gasteiger partial charge < -0.3 is 14.7 Å². The summed E-state index contributed by atoms with van der Waals surface area (Å²) in [5, 5.41) is 9.77. The molecule has 1 aromatic carbocycles. The number of likely N-dealkylation sites (tertiary alicyclic amines) is 1. The van der Waals surface area contributed by atoms with Gasteiger partial charge in [-0.15, -0.1) is 0 Å². The second-order valence-corrected chi connectivity index (χ2v) is 5.99. The first kappa shape index (κ1) is 15.8. The predicted molar refractivity (Wildman–Crippen MR) is 77.8 cm³/mol. The van der Waals surface area contributed by atoms with E-state index in [9.17, 15) is 14.3 Å². The molecule has 21 heavy (non-hydrogen) atoms. The van der Waals surface area contributed by atoms with E-state index in [1.807, 2.05) is 0 Å². The van der Waals surface area contributed by atoms with Gasteiger partial charge in [0.1, 0.15) is 5.60 Å². The third-order valence-corrected chi connectivity index (χ3v) is 3.96. The molecule has 5 heteroatoms. The van der Waals surface area contributed by atoms with E-state index in [0.717, 1.165) is 0 Å². The number of halogens is 1. The van der Waals surface area contributed by atoms with Gasteiger partial charge in [0, 0.05) is 13.1 Å². The largest absolute Gasteiger partial charge is 0.494 e. The highest BCUT2D eigenvalue weighted by Gasteiger charge is 2.33. The highest BCUT2D eigenvalue weighted by molar-refractivity contribution is 5.84. The Kier molecular flexibility index (Phi) is 4.52. The number of rotatable bonds is 3. The Bertz CT molecular complexity index is 517. The molecule has 1 N–H and O–H groups in total. The summed E-state index contributed by atoms with van der Waals surface area (Å²) in [5.41, 5.74) is -0.710. The van der Waals surface area contributed by atoms with Crippen LogP contribution in [-0.4, -0.2) is 41.7 Å². The summed E-state index contributed by atoms with van der Waals surface area (Å²) in [6.45, 7) is 4.04. The van der Waals surface area contributed by atoms with Gasteiger partial charge in [-0.3, -0.25) is 4.79 Å². The first-order valence-corrected chi connectivity index (χ1v) is 7.18. The third-order valence-electron chi connectivity index (χ3n) is 3.96. The summed E-state index contributed by atoms with van der Waals surface area (Å²) in [4.78, 5) is 13.7. The number of benzene rings is 1. The van der Waals surface area contributed by atoms with E-state index in [-0.39, 0.29) is 23.4 Å². The number of aliphatic hydroxyl groups is 1. The van der Waals surface area contributed by atoms with E-state index in [1.54, 1.807) is 23.1 Å². The minimum atomic E-state index is -1.35. The number of carbonyl (C=O) groups is 1. The molecule has 0 bridgehead atoms. The normalized spacial score (nSPS) is 16.9. The van der Waals surface area contributed by atoms with Crippen LogP contribution in [0.4, 0.5) is 4.39 Å².